The van der Waals surface area contributed by atoms with Crippen LogP contribution in [-0.2, 0) is 4.79 Å². The molecule has 0 aliphatic rings. The van der Waals surface area contributed by atoms with Gasteiger partial charge in [-0.3, -0.25) is 4.79 Å². The Kier molecular flexibility index (Phi) is 5.89. The standard InChI is InChI=1S/C18H17N3O2/c1-14(15-7-3-2-4-8-15)12-20-21-18(22)13-23-17-10-6-5-9-16(17)11-19/h2-10,12,14H,13H2,1H3,(H,21,22)/b20-12-/t14-/m1/s1. The average molecular weight is 307 g/mol. The normalized spacial score (nSPS) is 11.7. The lowest BCUT2D eigenvalue weighted by Crippen LogP contribution is -2.25. The summed E-state index contributed by atoms with van der Waals surface area (Å²) in [5.74, 6) is 0.0952. The Labute approximate surface area is 135 Å². The van der Waals surface area contributed by atoms with Crippen LogP contribution in [0.4, 0.5) is 0 Å². The van der Waals surface area contributed by atoms with Gasteiger partial charge in [-0.1, -0.05) is 49.4 Å². The first-order valence-electron chi connectivity index (χ1n) is 7.19. The number of hydrogen-bond donors (Lipinski definition) is 1. The van der Waals surface area contributed by atoms with Gasteiger partial charge in [-0.25, -0.2) is 5.43 Å². The number of hydrogen-bond acceptors (Lipinski definition) is 4. The first kappa shape index (κ1) is 16.2. The molecule has 2 rings (SSSR count). The number of ether oxygens (including phenoxy) is 1. The smallest absolute Gasteiger partial charge is 0.277 e. The Morgan fingerprint density at radius 2 is 1.96 bits per heavy atom. The van der Waals surface area contributed by atoms with E-state index in [1.807, 2.05) is 43.3 Å². The molecular weight excluding hydrogens is 290 g/mol. The summed E-state index contributed by atoms with van der Waals surface area (Å²) in [6.45, 7) is 1.79. The highest BCUT2D eigenvalue weighted by Gasteiger charge is 2.06. The maximum absolute atomic E-state index is 11.7. The first-order chi connectivity index (χ1) is 11.2. The third-order valence-electron chi connectivity index (χ3n) is 3.18. The monoisotopic (exact) mass is 307 g/mol. The number of nitrogens with zero attached hydrogens (tertiary/aromatic N) is 2. The van der Waals surface area contributed by atoms with Gasteiger partial charge in [-0.2, -0.15) is 10.4 Å². The van der Waals surface area contributed by atoms with Gasteiger partial charge >= 0.3 is 0 Å². The highest BCUT2D eigenvalue weighted by molar-refractivity contribution is 5.79. The second-order valence-corrected chi connectivity index (χ2v) is 4.91. The van der Waals surface area contributed by atoms with Crippen LogP contribution in [0.3, 0.4) is 0 Å². The topological polar surface area (TPSA) is 74.5 Å². The fourth-order valence-electron chi connectivity index (χ4n) is 1.92. The molecule has 1 atom stereocenters. The summed E-state index contributed by atoms with van der Waals surface area (Å²) in [5, 5.41) is 12.9. The molecule has 0 aliphatic carbocycles. The predicted octanol–water partition coefficient (Wildman–Crippen LogP) is 2.84. The van der Waals surface area contributed by atoms with Crippen LogP contribution in [0, 0.1) is 11.3 Å². The zero-order valence-electron chi connectivity index (χ0n) is 12.8. The van der Waals surface area contributed by atoms with Crippen molar-refractivity contribution in [3.8, 4) is 11.8 Å². The van der Waals surface area contributed by atoms with Crippen LogP contribution < -0.4 is 10.2 Å². The van der Waals surface area contributed by atoms with Crippen molar-refractivity contribution in [3.05, 3.63) is 65.7 Å². The second kappa shape index (κ2) is 8.35. The van der Waals surface area contributed by atoms with Crippen LogP contribution in [-0.4, -0.2) is 18.7 Å². The summed E-state index contributed by atoms with van der Waals surface area (Å²) in [6.07, 6.45) is 1.66. The molecule has 0 saturated heterocycles. The van der Waals surface area contributed by atoms with Crippen LogP contribution in [0.2, 0.25) is 0 Å². The lowest BCUT2D eigenvalue weighted by molar-refractivity contribution is -0.123. The van der Waals surface area contributed by atoms with Crippen molar-refractivity contribution in [1.82, 2.24) is 5.43 Å². The van der Waals surface area contributed by atoms with E-state index >= 15 is 0 Å². The van der Waals surface area contributed by atoms with Crippen LogP contribution in [0.15, 0.2) is 59.7 Å². The van der Waals surface area contributed by atoms with Gasteiger partial charge < -0.3 is 4.74 Å². The largest absolute Gasteiger partial charge is 0.482 e. The summed E-state index contributed by atoms with van der Waals surface area (Å²) >= 11 is 0. The quantitative estimate of drug-likeness (QED) is 0.658. The molecule has 0 radical (unpaired) electrons. The molecule has 5 heteroatoms. The SMILES string of the molecule is C[C@H](/C=N\NC(=O)COc1ccccc1C#N)c1ccccc1. The fraction of sp³-hybridized carbons (Fsp3) is 0.167. The Bertz CT molecular complexity index is 721. The van der Waals surface area contributed by atoms with Crippen molar-refractivity contribution < 1.29 is 9.53 Å². The summed E-state index contributed by atoms with van der Waals surface area (Å²) in [4.78, 5) is 11.7. The van der Waals surface area contributed by atoms with E-state index < -0.39 is 0 Å². The number of carbonyl (C=O) groups excluding carboxylic acids is 1. The predicted molar refractivity (Wildman–Crippen MR) is 88.1 cm³/mol. The van der Waals surface area contributed by atoms with Crippen LogP contribution in [0.5, 0.6) is 5.75 Å². The van der Waals surface area contributed by atoms with Gasteiger partial charge in [0.25, 0.3) is 5.91 Å². The zero-order chi connectivity index (χ0) is 16.5. The number of para-hydroxylation sites is 1. The van der Waals surface area contributed by atoms with Crippen LogP contribution >= 0.6 is 0 Å². The number of nitrogens with one attached hydrogen (secondary N) is 1. The molecule has 23 heavy (non-hydrogen) atoms. The molecule has 0 unspecified atom stereocenters. The van der Waals surface area contributed by atoms with Crippen molar-refractivity contribution in [2.45, 2.75) is 12.8 Å². The average Bonchev–Trinajstić information content (AvgIpc) is 2.60. The molecule has 2 aromatic carbocycles. The van der Waals surface area contributed by atoms with E-state index in [1.165, 1.54) is 0 Å². The summed E-state index contributed by atoms with van der Waals surface area (Å²) in [7, 11) is 0. The van der Waals surface area contributed by atoms with Crippen molar-refractivity contribution >= 4 is 12.1 Å². The van der Waals surface area contributed by atoms with Crippen LogP contribution in [0.25, 0.3) is 0 Å². The maximum atomic E-state index is 11.7. The Morgan fingerprint density at radius 1 is 1.26 bits per heavy atom. The summed E-state index contributed by atoms with van der Waals surface area (Å²) in [6, 6.07) is 18.6. The van der Waals surface area contributed by atoms with Gasteiger partial charge in [0, 0.05) is 12.1 Å². The molecule has 0 spiro atoms. The number of amides is 1. The van der Waals surface area contributed by atoms with Gasteiger partial charge in [0.05, 0.1) is 5.56 Å². The Morgan fingerprint density at radius 3 is 2.70 bits per heavy atom. The molecule has 5 nitrogen and oxygen atoms in total. The summed E-state index contributed by atoms with van der Waals surface area (Å²) in [5.41, 5.74) is 3.92. The van der Waals surface area contributed by atoms with Gasteiger partial charge in [-0.15, -0.1) is 0 Å². The van der Waals surface area contributed by atoms with E-state index in [1.54, 1.807) is 30.5 Å². The van der Waals surface area contributed by atoms with E-state index in [0.717, 1.165) is 5.56 Å². The van der Waals surface area contributed by atoms with Gasteiger partial charge in [0.15, 0.2) is 6.61 Å². The Hall–Kier alpha value is -3.13. The maximum Gasteiger partial charge on any atom is 0.277 e. The van der Waals surface area contributed by atoms with Gasteiger partial charge in [0.1, 0.15) is 11.8 Å². The third kappa shape index (κ3) is 4.97. The minimum atomic E-state index is -0.380. The van der Waals surface area contributed by atoms with E-state index in [-0.39, 0.29) is 18.4 Å². The number of nitriles is 1. The Balaban J connectivity index is 1.81. The van der Waals surface area contributed by atoms with Crippen molar-refractivity contribution in [2.24, 2.45) is 5.10 Å². The molecule has 0 bridgehead atoms. The van der Waals surface area contributed by atoms with Gasteiger partial charge in [0.2, 0.25) is 0 Å². The number of carbonyl (C=O) groups is 1. The van der Waals surface area contributed by atoms with Crippen molar-refractivity contribution in [3.63, 3.8) is 0 Å². The van der Waals surface area contributed by atoms with E-state index in [4.69, 9.17) is 10.00 Å². The molecule has 0 aliphatic heterocycles. The molecule has 0 saturated carbocycles. The third-order valence-corrected chi connectivity index (χ3v) is 3.18. The molecule has 0 fully saturated rings. The minimum Gasteiger partial charge on any atom is -0.482 e. The number of hydrazone groups is 1. The van der Waals surface area contributed by atoms with Gasteiger partial charge in [-0.05, 0) is 17.7 Å². The number of benzene rings is 2. The van der Waals surface area contributed by atoms with Crippen molar-refractivity contribution in [1.29, 1.82) is 5.26 Å². The molecular formula is C18H17N3O2. The molecule has 0 heterocycles. The first-order valence-corrected chi connectivity index (χ1v) is 7.19. The molecule has 1 N–H and O–H groups in total. The number of rotatable bonds is 6. The molecule has 2 aromatic rings. The lowest BCUT2D eigenvalue weighted by atomic mass is 10.0. The molecule has 0 aromatic heterocycles. The lowest BCUT2D eigenvalue weighted by Gasteiger charge is -2.07. The van der Waals surface area contributed by atoms with Crippen LogP contribution in [0.1, 0.15) is 24.0 Å². The summed E-state index contributed by atoms with van der Waals surface area (Å²) < 4.78 is 5.32. The highest BCUT2D eigenvalue weighted by atomic mass is 16.5. The van der Waals surface area contributed by atoms with E-state index in [2.05, 4.69) is 10.5 Å². The minimum absolute atomic E-state index is 0.0942. The second-order valence-electron chi connectivity index (χ2n) is 4.91. The highest BCUT2D eigenvalue weighted by Crippen LogP contribution is 2.16. The fourth-order valence-corrected chi connectivity index (χ4v) is 1.92. The van der Waals surface area contributed by atoms with Crippen molar-refractivity contribution in [2.75, 3.05) is 6.61 Å². The van der Waals surface area contributed by atoms with E-state index in [0.29, 0.717) is 11.3 Å². The van der Waals surface area contributed by atoms with E-state index in [9.17, 15) is 4.79 Å². The molecule has 116 valence electrons. The molecule has 1 amide bonds. The zero-order valence-corrected chi connectivity index (χ0v) is 12.8.